The van der Waals surface area contributed by atoms with E-state index in [0.717, 1.165) is 11.1 Å². The van der Waals surface area contributed by atoms with Gasteiger partial charge in [-0.15, -0.1) is 0 Å². The summed E-state index contributed by atoms with van der Waals surface area (Å²) in [5.74, 6) is 0.921. The normalized spacial score (nSPS) is 10.5. The van der Waals surface area contributed by atoms with Gasteiger partial charge in [-0.3, -0.25) is 9.78 Å². The Labute approximate surface area is 186 Å². The Morgan fingerprint density at radius 3 is 2.63 bits per heavy atom. The van der Waals surface area contributed by atoms with Crippen LogP contribution in [0, 0.1) is 0 Å². The van der Waals surface area contributed by atoms with Gasteiger partial charge < -0.3 is 14.4 Å². The smallest absolute Gasteiger partial charge is 0.254 e. The molecule has 0 N–H and O–H groups in total. The molecule has 1 heterocycles. The van der Waals surface area contributed by atoms with Crippen molar-refractivity contribution in [2.75, 3.05) is 13.7 Å². The Morgan fingerprint density at radius 1 is 1.07 bits per heavy atom. The predicted molar refractivity (Wildman–Crippen MR) is 118 cm³/mol. The summed E-state index contributed by atoms with van der Waals surface area (Å²) in [6.07, 6.45) is 3.46. The van der Waals surface area contributed by atoms with Crippen LogP contribution < -0.4 is 9.47 Å². The van der Waals surface area contributed by atoms with Gasteiger partial charge in [-0.05, 0) is 42.8 Å². The molecule has 5 nitrogen and oxygen atoms in total. The van der Waals surface area contributed by atoms with Crippen molar-refractivity contribution in [3.8, 4) is 11.5 Å². The highest BCUT2D eigenvalue weighted by Gasteiger charge is 2.17. The Morgan fingerprint density at radius 2 is 1.90 bits per heavy atom. The fraction of sp³-hybridized carbons (Fsp3) is 0.217. The zero-order valence-electron chi connectivity index (χ0n) is 16.8. The number of pyridine rings is 1. The van der Waals surface area contributed by atoms with Crippen molar-refractivity contribution in [3.05, 3.63) is 87.7 Å². The number of nitrogens with zero attached hydrogens (tertiary/aromatic N) is 2. The second-order valence-corrected chi connectivity index (χ2v) is 7.40. The van der Waals surface area contributed by atoms with Gasteiger partial charge in [0.25, 0.3) is 5.91 Å². The number of rotatable bonds is 8. The Kier molecular flexibility index (Phi) is 7.55. The largest absolute Gasteiger partial charge is 0.490 e. The quantitative estimate of drug-likeness (QED) is 0.451. The highest BCUT2D eigenvalue weighted by Crippen LogP contribution is 2.30. The molecule has 0 saturated heterocycles. The minimum Gasteiger partial charge on any atom is -0.490 e. The number of carbonyl (C=O) groups is 1. The average molecular weight is 445 g/mol. The minimum absolute atomic E-state index is 0.161. The standard InChI is InChI=1S/C23H22Cl2N2O3/c1-3-29-21-12-17(9-10-20(21)30-15-16-6-5-11-26-13-16)23(28)27(2)14-18-7-4-8-19(24)22(18)25/h4-13H,3,14-15H2,1-2H3. The van der Waals surface area contributed by atoms with E-state index in [-0.39, 0.29) is 5.91 Å². The molecular formula is C23H22Cl2N2O3. The topological polar surface area (TPSA) is 51.7 Å². The molecule has 3 rings (SSSR count). The van der Waals surface area contributed by atoms with Crippen LogP contribution in [0.1, 0.15) is 28.4 Å². The number of hydrogen-bond acceptors (Lipinski definition) is 4. The molecule has 0 fully saturated rings. The molecule has 0 unspecified atom stereocenters. The summed E-state index contributed by atoms with van der Waals surface area (Å²) >= 11 is 12.3. The summed E-state index contributed by atoms with van der Waals surface area (Å²) in [5, 5.41) is 0.914. The van der Waals surface area contributed by atoms with Gasteiger partial charge in [0.05, 0.1) is 16.7 Å². The summed E-state index contributed by atoms with van der Waals surface area (Å²) in [5.41, 5.74) is 2.22. The molecule has 0 atom stereocenters. The monoisotopic (exact) mass is 444 g/mol. The Bertz CT molecular complexity index is 1010. The van der Waals surface area contributed by atoms with Gasteiger partial charge in [-0.25, -0.2) is 0 Å². The van der Waals surface area contributed by atoms with E-state index in [1.54, 1.807) is 48.6 Å². The van der Waals surface area contributed by atoms with Crippen molar-refractivity contribution in [1.82, 2.24) is 9.88 Å². The van der Waals surface area contributed by atoms with E-state index in [1.807, 2.05) is 31.2 Å². The van der Waals surface area contributed by atoms with Crippen LogP contribution in [0.3, 0.4) is 0 Å². The van der Waals surface area contributed by atoms with Crippen LogP contribution in [-0.2, 0) is 13.2 Å². The number of aromatic nitrogens is 1. The zero-order chi connectivity index (χ0) is 21.5. The van der Waals surface area contributed by atoms with Crippen LogP contribution in [0.25, 0.3) is 0 Å². The van der Waals surface area contributed by atoms with Gasteiger partial charge in [0.1, 0.15) is 6.61 Å². The zero-order valence-corrected chi connectivity index (χ0v) is 18.3. The Hall–Kier alpha value is -2.76. The first-order chi connectivity index (χ1) is 14.5. The number of carbonyl (C=O) groups excluding carboxylic acids is 1. The van der Waals surface area contributed by atoms with Gasteiger partial charge in [0, 0.05) is 37.1 Å². The Balaban J connectivity index is 1.75. The lowest BCUT2D eigenvalue weighted by molar-refractivity contribution is 0.0784. The highest BCUT2D eigenvalue weighted by molar-refractivity contribution is 6.42. The third kappa shape index (κ3) is 5.43. The van der Waals surface area contributed by atoms with Gasteiger partial charge in [0.15, 0.2) is 11.5 Å². The molecule has 0 saturated carbocycles. The van der Waals surface area contributed by atoms with Gasteiger partial charge in [-0.2, -0.15) is 0 Å². The van der Waals surface area contributed by atoms with Gasteiger partial charge in [-0.1, -0.05) is 41.4 Å². The second-order valence-electron chi connectivity index (χ2n) is 6.62. The van der Waals surface area contributed by atoms with Crippen LogP contribution in [0.15, 0.2) is 60.9 Å². The fourth-order valence-electron chi connectivity index (χ4n) is 2.89. The van der Waals surface area contributed by atoms with Crippen molar-refractivity contribution < 1.29 is 14.3 Å². The lowest BCUT2D eigenvalue weighted by Crippen LogP contribution is -2.26. The third-order valence-electron chi connectivity index (χ3n) is 4.39. The van der Waals surface area contributed by atoms with E-state index in [0.29, 0.717) is 46.9 Å². The number of halogens is 2. The maximum atomic E-state index is 12.9. The van der Waals surface area contributed by atoms with E-state index in [2.05, 4.69) is 4.98 Å². The summed E-state index contributed by atoms with van der Waals surface area (Å²) in [4.78, 5) is 18.6. The van der Waals surface area contributed by atoms with Gasteiger partial charge in [0.2, 0.25) is 0 Å². The maximum absolute atomic E-state index is 12.9. The number of benzene rings is 2. The van der Waals surface area contributed by atoms with Crippen LogP contribution in [0.4, 0.5) is 0 Å². The van der Waals surface area contributed by atoms with Crippen LogP contribution >= 0.6 is 23.2 Å². The fourth-order valence-corrected chi connectivity index (χ4v) is 3.27. The van der Waals surface area contributed by atoms with Crippen molar-refractivity contribution in [1.29, 1.82) is 0 Å². The average Bonchev–Trinajstić information content (AvgIpc) is 2.76. The van der Waals surface area contributed by atoms with Crippen molar-refractivity contribution in [3.63, 3.8) is 0 Å². The number of amides is 1. The molecular weight excluding hydrogens is 423 g/mol. The molecule has 1 aromatic heterocycles. The number of hydrogen-bond donors (Lipinski definition) is 0. The summed E-state index contributed by atoms with van der Waals surface area (Å²) < 4.78 is 11.6. The lowest BCUT2D eigenvalue weighted by Gasteiger charge is -2.19. The maximum Gasteiger partial charge on any atom is 0.254 e. The van der Waals surface area contributed by atoms with Gasteiger partial charge >= 0.3 is 0 Å². The first-order valence-corrected chi connectivity index (χ1v) is 10.2. The minimum atomic E-state index is -0.161. The molecule has 2 aromatic carbocycles. The molecule has 1 amide bonds. The first kappa shape index (κ1) is 21.9. The van der Waals surface area contributed by atoms with E-state index < -0.39 is 0 Å². The van der Waals surface area contributed by atoms with E-state index >= 15 is 0 Å². The number of ether oxygens (including phenoxy) is 2. The van der Waals surface area contributed by atoms with E-state index in [1.165, 1.54) is 0 Å². The summed E-state index contributed by atoms with van der Waals surface area (Å²) in [6.45, 7) is 3.03. The molecule has 0 aliphatic carbocycles. The van der Waals surface area contributed by atoms with Crippen LogP contribution in [0.2, 0.25) is 10.0 Å². The van der Waals surface area contributed by atoms with Crippen LogP contribution in [0.5, 0.6) is 11.5 Å². The summed E-state index contributed by atoms with van der Waals surface area (Å²) in [6, 6.07) is 14.3. The molecule has 0 aliphatic rings. The van der Waals surface area contributed by atoms with Crippen molar-refractivity contribution >= 4 is 29.1 Å². The van der Waals surface area contributed by atoms with E-state index in [9.17, 15) is 4.79 Å². The SMILES string of the molecule is CCOc1cc(C(=O)N(C)Cc2cccc(Cl)c2Cl)ccc1OCc1cccnc1. The molecule has 7 heteroatoms. The van der Waals surface area contributed by atoms with Crippen molar-refractivity contribution in [2.45, 2.75) is 20.1 Å². The highest BCUT2D eigenvalue weighted by atomic mass is 35.5. The molecule has 0 aliphatic heterocycles. The molecule has 30 heavy (non-hydrogen) atoms. The van der Waals surface area contributed by atoms with Crippen LogP contribution in [-0.4, -0.2) is 29.4 Å². The summed E-state index contributed by atoms with van der Waals surface area (Å²) in [7, 11) is 1.72. The van der Waals surface area contributed by atoms with E-state index in [4.69, 9.17) is 32.7 Å². The molecule has 3 aromatic rings. The molecule has 0 spiro atoms. The van der Waals surface area contributed by atoms with Crippen molar-refractivity contribution in [2.24, 2.45) is 0 Å². The predicted octanol–water partition coefficient (Wildman–Crippen LogP) is 5.64. The first-order valence-electron chi connectivity index (χ1n) is 9.46. The molecule has 156 valence electrons. The third-order valence-corrected chi connectivity index (χ3v) is 5.25. The second kappa shape index (κ2) is 10.3. The molecule has 0 bridgehead atoms. The lowest BCUT2D eigenvalue weighted by atomic mass is 10.1. The molecule has 0 radical (unpaired) electrons.